The lowest BCUT2D eigenvalue weighted by molar-refractivity contribution is 0.153. The van der Waals surface area contributed by atoms with E-state index in [0.29, 0.717) is 13.2 Å². The van der Waals surface area contributed by atoms with E-state index in [4.69, 9.17) is 10.5 Å². The minimum Gasteiger partial charge on any atom is -0.394 e. The molecule has 2 aromatic rings. The summed E-state index contributed by atoms with van der Waals surface area (Å²) in [4.78, 5) is 2.28. The average Bonchev–Trinajstić information content (AvgIpc) is 3.08. The zero-order chi connectivity index (χ0) is 18.1. The SMILES string of the molecule is CCc1ccc(COCC#Cc2ccc(CCC(C)(N)CO)s2)cc1. The predicted octanol–water partition coefficient (Wildman–Crippen LogP) is 3.52. The zero-order valence-corrected chi connectivity index (χ0v) is 15.9. The summed E-state index contributed by atoms with van der Waals surface area (Å²) < 4.78 is 5.62. The lowest BCUT2D eigenvalue weighted by Gasteiger charge is -2.20. The van der Waals surface area contributed by atoms with Crippen molar-refractivity contribution in [2.24, 2.45) is 5.73 Å². The second-order valence-electron chi connectivity index (χ2n) is 6.54. The van der Waals surface area contributed by atoms with Crippen molar-refractivity contribution in [3.05, 3.63) is 57.3 Å². The van der Waals surface area contributed by atoms with Crippen LogP contribution in [0.25, 0.3) is 0 Å². The first-order valence-corrected chi connectivity index (χ1v) is 9.47. The molecule has 1 atom stereocenters. The summed E-state index contributed by atoms with van der Waals surface area (Å²) in [5.41, 5.74) is 7.95. The molecule has 0 aliphatic heterocycles. The van der Waals surface area contributed by atoms with Crippen molar-refractivity contribution in [3.63, 3.8) is 0 Å². The summed E-state index contributed by atoms with van der Waals surface area (Å²) in [6, 6.07) is 12.6. The van der Waals surface area contributed by atoms with Crippen LogP contribution in [0, 0.1) is 11.8 Å². The number of benzene rings is 1. The molecule has 1 heterocycles. The molecular weight excluding hydrogens is 330 g/mol. The second-order valence-corrected chi connectivity index (χ2v) is 7.71. The molecule has 134 valence electrons. The van der Waals surface area contributed by atoms with E-state index in [1.54, 1.807) is 11.3 Å². The molecule has 3 nitrogen and oxygen atoms in total. The topological polar surface area (TPSA) is 55.5 Å². The molecule has 0 amide bonds. The van der Waals surface area contributed by atoms with Gasteiger partial charge >= 0.3 is 0 Å². The van der Waals surface area contributed by atoms with Gasteiger partial charge in [-0.1, -0.05) is 43.0 Å². The number of aliphatic hydroxyl groups is 1. The van der Waals surface area contributed by atoms with Gasteiger partial charge in [0.1, 0.15) is 6.61 Å². The quantitative estimate of drug-likeness (QED) is 0.561. The number of hydrogen-bond donors (Lipinski definition) is 2. The van der Waals surface area contributed by atoms with Crippen molar-refractivity contribution in [1.29, 1.82) is 0 Å². The average molecular weight is 358 g/mol. The van der Waals surface area contributed by atoms with Crippen molar-refractivity contribution < 1.29 is 9.84 Å². The molecule has 25 heavy (non-hydrogen) atoms. The van der Waals surface area contributed by atoms with Crippen LogP contribution >= 0.6 is 11.3 Å². The molecule has 1 unspecified atom stereocenters. The predicted molar refractivity (Wildman–Crippen MR) is 105 cm³/mol. The number of aliphatic hydroxyl groups excluding tert-OH is 1. The van der Waals surface area contributed by atoms with E-state index in [9.17, 15) is 5.11 Å². The smallest absolute Gasteiger partial charge is 0.108 e. The first kappa shape index (κ1) is 19.7. The number of rotatable bonds is 8. The molecule has 0 saturated carbocycles. The van der Waals surface area contributed by atoms with Crippen LogP contribution in [0.15, 0.2) is 36.4 Å². The molecule has 3 N–H and O–H groups in total. The van der Waals surface area contributed by atoms with E-state index in [1.165, 1.54) is 16.0 Å². The van der Waals surface area contributed by atoms with Crippen LogP contribution < -0.4 is 5.73 Å². The molecule has 0 aliphatic carbocycles. The Morgan fingerprint density at radius 3 is 2.56 bits per heavy atom. The van der Waals surface area contributed by atoms with E-state index in [2.05, 4.69) is 49.1 Å². The summed E-state index contributed by atoms with van der Waals surface area (Å²) in [5, 5.41) is 9.19. The highest BCUT2D eigenvalue weighted by atomic mass is 32.1. The van der Waals surface area contributed by atoms with E-state index >= 15 is 0 Å². The highest BCUT2D eigenvalue weighted by Crippen LogP contribution is 2.19. The third-order valence-corrected chi connectivity index (χ3v) is 5.11. The molecule has 0 radical (unpaired) electrons. The van der Waals surface area contributed by atoms with Crippen molar-refractivity contribution in [2.75, 3.05) is 13.2 Å². The standard InChI is InChI=1S/C21H27NO2S/c1-3-17-6-8-18(9-7-17)15-24-14-4-5-19-10-11-20(25-19)12-13-21(2,22)16-23/h6-11,23H,3,12-16,22H2,1-2H3. The summed E-state index contributed by atoms with van der Waals surface area (Å²) >= 11 is 1.68. The van der Waals surface area contributed by atoms with Crippen molar-refractivity contribution >= 4 is 11.3 Å². The fourth-order valence-corrected chi connectivity index (χ4v) is 3.16. The molecule has 0 spiro atoms. The first-order chi connectivity index (χ1) is 12.0. The van der Waals surface area contributed by atoms with Gasteiger partial charge < -0.3 is 15.6 Å². The van der Waals surface area contributed by atoms with Gasteiger partial charge in [0.25, 0.3) is 0 Å². The molecule has 0 aliphatic rings. The Hall–Kier alpha value is -1.64. The third-order valence-electron chi connectivity index (χ3n) is 4.05. The van der Waals surface area contributed by atoms with Gasteiger partial charge in [-0.15, -0.1) is 11.3 Å². The monoisotopic (exact) mass is 357 g/mol. The van der Waals surface area contributed by atoms with Crippen molar-refractivity contribution in [1.82, 2.24) is 0 Å². The molecule has 1 aromatic carbocycles. The van der Waals surface area contributed by atoms with Gasteiger partial charge in [0.2, 0.25) is 0 Å². The number of aryl methyl sites for hydroxylation is 2. The minimum absolute atomic E-state index is 0.00352. The maximum atomic E-state index is 9.19. The van der Waals surface area contributed by atoms with Crippen LogP contribution in [0.5, 0.6) is 0 Å². The number of nitrogens with two attached hydrogens (primary N) is 1. The van der Waals surface area contributed by atoms with Gasteiger partial charge in [-0.3, -0.25) is 0 Å². The summed E-state index contributed by atoms with van der Waals surface area (Å²) in [6.07, 6.45) is 2.68. The second kappa shape index (κ2) is 9.74. The van der Waals surface area contributed by atoms with Gasteiger partial charge in [-0.05, 0) is 49.4 Å². The Morgan fingerprint density at radius 2 is 1.88 bits per heavy atom. The Morgan fingerprint density at radius 1 is 1.16 bits per heavy atom. The van der Waals surface area contributed by atoms with Gasteiger partial charge in [0.15, 0.2) is 0 Å². The summed E-state index contributed by atoms with van der Waals surface area (Å²) in [5.74, 6) is 6.21. The van der Waals surface area contributed by atoms with Gasteiger partial charge in [-0.25, -0.2) is 0 Å². The maximum Gasteiger partial charge on any atom is 0.108 e. The van der Waals surface area contributed by atoms with Crippen LogP contribution in [-0.2, 0) is 24.2 Å². The van der Waals surface area contributed by atoms with E-state index in [0.717, 1.165) is 24.1 Å². The third kappa shape index (κ3) is 7.01. The molecule has 0 fully saturated rings. The van der Waals surface area contributed by atoms with Crippen LogP contribution in [0.4, 0.5) is 0 Å². The van der Waals surface area contributed by atoms with Crippen LogP contribution in [-0.4, -0.2) is 23.9 Å². The maximum absolute atomic E-state index is 9.19. The molecule has 0 saturated heterocycles. The highest BCUT2D eigenvalue weighted by molar-refractivity contribution is 7.12. The van der Waals surface area contributed by atoms with E-state index < -0.39 is 5.54 Å². The Kier molecular flexibility index (Phi) is 7.67. The highest BCUT2D eigenvalue weighted by Gasteiger charge is 2.16. The minimum atomic E-state index is -0.515. The molecule has 0 bridgehead atoms. The first-order valence-electron chi connectivity index (χ1n) is 8.65. The van der Waals surface area contributed by atoms with Crippen LogP contribution in [0.3, 0.4) is 0 Å². The zero-order valence-electron chi connectivity index (χ0n) is 15.0. The van der Waals surface area contributed by atoms with E-state index in [1.807, 2.05) is 13.0 Å². The van der Waals surface area contributed by atoms with Crippen molar-refractivity contribution in [2.45, 2.75) is 45.3 Å². The molecule has 4 heteroatoms. The van der Waals surface area contributed by atoms with Gasteiger partial charge in [0, 0.05) is 10.4 Å². The summed E-state index contributed by atoms with van der Waals surface area (Å²) in [6.45, 7) is 5.04. The number of hydrogen-bond acceptors (Lipinski definition) is 4. The molecular formula is C21H27NO2S. The number of ether oxygens (including phenoxy) is 1. The molecule has 1 aromatic heterocycles. The lowest BCUT2D eigenvalue weighted by Crippen LogP contribution is -2.40. The Bertz CT molecular complexity index is 707. The Balaban J connectivity index is 1.74. The fraction of sp³-hybridized carbons (Fsp3) is 0.429. The number of thiophene rings is 1. The largest absolute Gasteiger partial charge is 0.394 e. The van der Waals surface area contributed by atoms with Crippen molar-refractivity contribution in [3.8, 4) is 11.8 Å². The summed E-state index contributed by atoms with van der Waals surface area (Å²) in [7, 11) is 0. The van der Waals surface area contributed by atoms with E-state index in [-0.39, 0.29) is 6.61 Å². The van der Waals surface area contributed by atoms with Gasteiger partial charge in [0.05, 0.1) is 18.1 Å². The normalized spacial score (nSPS) is 13.1. The van der Waals surface area contributed by atoms with Crippen LogP contribution in [0.1, 0.15) is 41.1 Å². The Labute approximate surface area is 154 Å². The lowest BCUT2D eigenvalue weighted by atomic mass is 9.98. The molecule has 2 rings (SSSR count). The fourth-order valence-electron chi connectivity index (χ4n) is 2.28. The van der Waals surface area contributed by atoms with Crippen LogP contribution in [0.2, 0.25) is 0 Å². The van der Waals surface area contributed by atoms with Gasteiger partial charge in [-0.2, -0.15) is 0 Å².